The number of fused-ring (bicyclic) bond motifs is 1. The number of carbonyl (C=O) groups is 4. The van der Waals surface area contributed by atoms with Crippen LogP contribution < -0.4 is 16.0 Å². The standard InChI is InChI=1S/C20H24N4O5/c21-7-10-29-13-5-8-23(9-6-13)12-1-2-14-15(11-12)20(28)24(19(14)27)16-3-4-17(25)22-18(16)26/h1-2,11,13,16H,3-10,21H2,(H,22,25,26). The molecule has 1 atom stereocenters. The summed E-state index contributed by atoms with van der Waals surface area (Å²) < 4.78 is 5.70. The van der Waals surface area contributed by atoms with E-state index in [-0.39, 0.29) is 24.9 Å². The second-order valence-corrected chi connectivity index (χ2v) is 7.52. The molecule has 3 aliphatic rings. The van der Waals surface area contributed by atoms with E-state index in [1.165, 1.54) is 0 Å². The fourth-order valence-corrected chi connectivity index (χ4v) is 4.17. The molecule has 0 saturated carbocycles. The van der Waals surface area contributed by atoms with Gasteiger partial charge in [-0.05, 0) is 37.5 Å². The Balaban J connectivity index is 1.49. The van der Waals surface area contributed by atoms with Crippen molar-refractivity contribution in [2.75, 3.05) is 31.1 Å². The number of anilines is 1. The predicted octanol–water partition coefficient (Wildman–Crippen LogP) is 0.0319. The van der Waals surface area contributed by atoms with E-state index in [0.717, 1.165) is 36.5 Å². The lowest BCUT2D eigenvalue weighted by molar-refractivity contribution is -0.136. The minimum absolute atomic E-state index is 0.107. The van der Waals surface area contributed by atoms with Crippen molar-refractivity contribution in [3.8, 4) is 0 Å². The Morgan fingerprint density at radius 2 is 1.76 bits per heavy atom. The maximum atomic E-state index is 12.9. The normalized spacial score (nSPS) is 22.9. The molecule has 1 unspecified atom stereocenters. The SMILES string of the molecule is NCCOC1CCN(c2ccc3c(c2)C(=O)N(C2CCC(=O)NC2=O)C3=O)CC1. The average molecular weight is 400 g/mol. The van der Waals surface area contributed by atoms with Gasteiger partial charge in [-0.2, -0.15) is 0 Å². The Labute approximate surface area is 168 Å². The van der Waals surface area contributed by atoms with Gasteiger partial charge in [-0.25, -0.2) is 0 Å². The first kappa shape index (κ1) is 19.5. The van der Waals surface area contributed by atoms with Crippen LogP contribution in [0.1, 0.15) is 46.4 Å². The molecule has 2 fully saturated rings. The Morgan fingerprint density at radius 1 is 1.03 bits per heavy atom. The van der Waals surface area contributed by atoms with Crippen molar-refractivity contribution in [2.45, 2.75) is 37.8 Å². The van der Waals surface area contributed by atoms with E-state index in [0.29, 0.717) is 24.3 Å². The third kappa shape index (κ3) is 3.63. The van der Waals surface area contributed by atoms with Crippen molar-refractivity contribution in [3.63, 3.8) is 0 Å². The number of hydrogen-bond acceptors (Lipinski definition) is 7. The molecule has 154 valence electrons. The summed E-state index contributed by atoms with van der Waals surface area (Å²) in [5, 5.41) is 2.20. The van der Waals surface area contributed by atoms with Crippen molar-refractivity contribution in [1.29, 1.82) is 0 Å². The van der Waals surface area contributed by atoms with Gasteiger partial charge >= 0.3 is 0 Å². The van der Waals surface area contributed by atoms with Crippen LogP contribution in [0.5, 0.6) is 0 Å². The molecular formula is C20H24N4O5. The highest BCUT2D eigenvalue weighted by atomic mass is 16.5. The molecular weight excluding hydrogens is 376 g/mol. The number of imide groups is 2. The maximum absolute atomic E-state index is 12.9. The number of nitrogens with zero attached hydrogens (tertiary/aromatic N) is 2. The van der Waals surface area contributed by atoms with Gasteiger partial charge in [0, 0.05) is 31.7 Å². The van der Waals surface area contributed by atoms with Gasteiger partial charge in [0.2, 0.25) is 11.8 Å². The Bertz CT molecular complexity index is 862. The smallest absolute Gasteiger partial charge is 0.262 e. The third-order valence-corrected chi connectivity index (χ3v) is 5.70. The monoisotopic (exact) mass is 400 g/mol. The number of hydrogen-bond donors (Lipinski definition) is 2. The van der Waals surface area contributed by atoms with E-state index in [9.17, 15) is 19.2 Å². The van der Waals surface area contributed by atoms with Crippen LogP contribution in [-0.2, 0) is 14.3 Å². The molecule has 9 nitrogen and oxygen atoms in total. The summed E-state index contributed by atoms with van der Waals surface area (Å²) in [6.45, 7) is 2.63. The number of amides is 4. The summed E-state index contributed by atoms with van der Waals surface area (Å²) in [6, 6.07) is 4.26. The van der Waals surface area contributed by atoms with Gasteiger partial charge in [0.05, 0.1) is 23.8 Å². The van der Waals surface area contributed by atoms with Gasteiger partial charge in [-0.1, -0.05) is 0 Å². The molecule has 2 saturated heterocycles. The summed E-state index contributed by atoms with van der Waals surface area (Å²) in [6.07, 6.45) is 2.18. The summed E-state index contributed by atoms with van der Waals surface area (Å²) in [5.41, 5.74) is 6.95. The number of benzene rings is 1. The zero-order chi connectivity index (χ0) is 20.5. The molecule has 0 radical (unpaired) electrons. The van der Waals surface area contributed by atoms with E-state index in [1.54, 1.807) is 12.1 Å². The highest BCUT2D eigenvalue weighted by molar-refractivity contribution is 6.23. The molecule has 0 spiro atoms. The molecule has 4 amide bonds. The minimum atomic E-state index is -0.945. The highest BCUT2D eigenvalue weighted by Crippen LogP contribution is 2.31. The van der Waals surface area contributed by atoms with Crippen LogP contribution in [0.3, 0.4) is 0 Å². The Hall–Kier alpha value is -2.78. The summed E-state index contributed by atoms with van der Waals surface area (Å²) in [5.74, 6) is -1.96. The molecule has 3 aliphatic heterocycles. The van der Waals surface area contributed by atoms with Gasteiger partial charge < -0.3 is 15.4 Å². The van der Waals surface area contributed by atoms with E-state index < -0.39 is 23.8 Å². The van der Waals surface area contributed by atoms with Crippen LogP contribution in [0.4, 0.5) is 5.69 Å². The van der Waals surface area contributed by atoms with Gasteiger partial charge in [-0.15, -0.1) is 0 Å². The topological polar surface area (TPSA) is 122 Å². The highest BCUT2D eigenvalue weighted by Gasteiger charge is 2.44. The Kier molecular flexibility index (Phi) is 5.33. The van der Waals surface area contributed by atoms with E-state index in [2.05, 4.69) is 10.2 Å². The zero-order valence-corrected chi connectivity index (χ0v) is 16.1. The van der Waals surface area contributed by atoms with Crippen molar-refractivity contribution < 1.29 is 23.9 Å². The van der Waals surface area contributed by atoms with Gasteiger partial charge in [0.1, 0.15) is 6.04 Å². The fourth-order valence-electron chi connectivity index (χ4n) is 4.17. The molecule has 0 aliphatic carbocycles. The van der Waals surface area contributed by atoms with Crippen LogP contribution >= 0.6 is 0 Å². The second-order valence-electron chi connectivity index (χ2n) is 7.52. The molecule has 0 bridgehead atoms. The molecule has 4 rings (SSSR count). The van der Waals surface area contributed by atoms with E-state index >= 15 is 0 Å². The molecule has 9 heteroatoms. The molecule has 3 heterocycles. The van der Waals surface area contributed by atoms with E-state index in [4.69, 9.17) is 10.5 Å². The first-order chi connectivity index (χ1) is 14.0. The molecule has 0 aromatic heterocycles. The number of carbonyl (C=O) groups excluding carboxylic acids is 4. The summed E-state index contributed by atoms with van der Waals surface area (Å²) in [7, 11) is 0. The largest absolute Gasteiger partial charge is 0.377 e. The second kappa shape index (κ2) is 7.92. The summed E-state index contributed by atoms with van der Waals surface area (Å²) >= 11 is 0. The quantitative estimate of drug-likeness (QED) is 0.669. The fraction of sp³-hybridized carbons (Fsp3) is 0.500. The van der Waals surface area contributed by atoms with Gasteiger partial charge in [-0.3, -0.25) is 29.4 Å². The van der Waals surface area contributed by atoms with E-state index in [1.807, 2.05) is 6.07 Å². The average Bonchev–Trinajstić information content (AvgIpc) is 2.97. The van der Waals surface area contributed by atoms with Crippen molar-refractivity contribution >= 4 is 29.3 Å². The number of piperidine rings is 2. The zero-order valence-electron chi connectivity index (χ0n) is 16.1. The van der Waals surface area contributed by atoms with Gasteiger partial charge in [0.15, 0.2) is 0 Å². The molecule has 3 N–H and O–H groups in total. The molecule has 29 heavy (non-hydrogen) atoms. The van der Waals surface area contributed by atoms with Crippen LogP contribution in [0.15, 0.2) is 18.2 Å². The number of nitrogens with two attached hydrogens (primary N) is 1. The minimum Gasteiger partial charge on any atom is -0.377 e. The number of rotatable bonds is 5. The molecule has 1 aromatic carbocycles. The predicted molar refractivity (Wildman–Crippen MR) is 103 cm³/mol. The number of ether oxygens (including phenoxy) is 1. The van der Waals surface area contributed by atoms with Crippen molar-refractivity contribution in [1.82, 2.24) is 10.2 Å². The van der Waals surface area contributed by atoms with Crippen LogP contribution in [0, 0.1) is 0 Å². The molecule has 1 aromatic rings. The van der Waals surface area contributed by atoms with Crippen molar-refractivity contribution in [3.05, 3.63) is 29.3 Å². The summed E-state index contributed by atoms with van der Waals surface area (Å²) in [4.78, 5) is 52.4. The Morgan fingerprint density at radius 3 is 2.45 bits per heavy atom. The lowest BCUT2D eigenvalue weighted by atomic mass is 10.0. The lowest BCUT2D eigenvalue weighted by Crippen LogP contribution is -2.54. The van der Waals surface area contributed by atoms with Crippen LogP contribution in [0.25, 0.3) is 0 Å². The van der Waals surface area contributed by atoms with Gasteiger partial charge in [0.25, 0.3) is 11.8 Å². The van der Waals surface area contributed by atoms with Crippen molar-refractivity contribution in [2.24, 2.45) is 5.73 Å². The van der Waals surface area contributed by atoms with Crippen LogP contribution in [-0.4, -0.2) is 66.9 Å². The first-order valence-electron chi connectivity index (χ1n) is 9.92. The van der Waals surface area contributed by atoms with Crippen LogP contribution in [0.2, 0.25) is 0 Å². The third-order valence-electron chi connectivity index (χ3n) is 5.70. The number of nitrogens with one attached hydrogen (secondary N) is 1. The maximum Gasteiger partial charge on any atom is 0.262 e. The lowest BCUT2D eigenvalue weighted by Gasteiger charge is -2.33. The first-order valence-corrected chi connectivity index (χ1v) is 9.92.